The van der Waals surface area contributed by atoms with E-state index in [4.69, 9.17) is 27.9 Å². The van der Waals surface area contributed by atoms with E-state index in [-0.39, 0.29) is 5.91 Å². The van der Waals surface area contributed by atoms with Gasteiger partial charge in [-0.2, -0.15) is 0 Å². The number of benzene rings is 2. The molecule has 0 bridgehead atoms. The van der Waals surface area contributed by atoms with Crippen LogP contribution in [0, 0.1) is 20.8 Å². The molecule has 1 atom stereocenters. The Bertz CT molecular complexity index is 721. The number of hydrogen-bond donors (Lipinski definition) is 1. The van der Waals surface area contributed by atoms with Crippen molar-refractivity contribution in [1.29, 1.82) is 0 Å². The van der Waals surface area contributed by atoms with E-state index in [2.05, 4.69) is 5.32 Å². The summed E-state index contributed by atoms with van der Waals surface area (Å²) in [6.07, 6.45) is -0.703. The molecule has 122 valence electrons. The van der Waals surface area contributed by atoms with Gasteiger partial charge in [-0.25, -0.2) is 0 Å². The molecule has 0 fully saturated rings. The molecule has 0 aliphatic rings. The molecule has 2 aromatic carbocycles. The van der Waals surface area contributed by atoms with Gasteiger partial charge in [0, 0.05) is 5.69 Å². The highest BCUT2D eigenvalue weighted by Gasteiger charge is 2.18. The van der Waals surface area contributed by atoms with Gasteiger partial charge in [0.25, 0.3) is 5.91 Å². The molecule has 0 heterocycles. The van der Waals surface area contributed by atoms with E-state index >= 15 is 0 Å². The summed E-state index contributed by atoms with van der Waals surface area (Å²) in [6.45, 7) is 7.63. The quantitative estimate of drug-likeness (QED) is 0.808. The summed E-state index contributed by atoms with van der Waals surface area (Å²) >= 11 is 12.0. The third-order valence-corrected chi connectivity index (χ3v) is 4.32. The average molecular weight is 352 g/mol. The first-order valence-corrected chi connectivity index (χ1v) is 8.04. The van der Waals surface area contributed by atoms with Crippen LogP contribution in [0.2, 0.25) is 10.0 Å². The van der Waals surface area contributed by atoms with Crippen LogP contribution < -0.4 is 10.1 Å². The van der Waals surface area contributed by atoms with Crippen LogP contribution in [-0.4, -0.2) is 12.0 Å². The van der Waals surface area contributed by atoms with Crippen molar-refractivity contribution in [2.75, 3.05) is 5.32 Å². The number of anilines is 1. The third kappa shape index (κ3) is 4.18. The van der Waals surface area contributed by atoms with Crippen molar-refractivity contribution in [3.63, 3.8) is 0 Å². The van der Waals surface area contributed by atoms with Crippen LogP contribution in [0.5, 0.6) is 5.75 Å². The Labute approximate surface area is 146 Å². The summed E-state index contributed by atoms with van der Waals surface area (Å²) < 4.78 is 5.63. The van der Waals surface area contributed by atoms with Crippen molar-refractivity contribution in [3.8, 4) is 5.75 Å². The zero-order valence-electron chi connectivity index (χ0n) is 13.5. The van der Waals surface area contributed by atoms with Gasteiger partial charge in [0.2, 0.25) is 0 Å². The number of aryl methyl sites for hydroxylation is 3. The van der Waals surface area contributed by atoms with Gasteiger partial charge in [-0.1, -0.05) is 47.0 Å². The van der Waals surface area contributed by atoms with E-state index in [1.54, 1.807) is 25.1 Å². The minimum absolute atomic E-state index is 0.240. The molecule has 23 heavy (non-hydrogen) atoms. The van der Waals surface area contributed by atoms with Gasteiger partial charge in [-0.3, -0.25) is 4.79 Å². The van der Waals surface area contributed by atoms with Gasteiger partial charge in [0.15, 0.2) is 6.10 Å². The van der Waals surface area contributed by atoms with Gasteiger partial charge in [0.05, 0.1) is 5.02 Å². The maximum absolute atomic E-state index is 12.4. The van der Waals surface area contributed by atoms with Crippen LogP contribution in [0.15, 0.2) is 30.3 Å². The SMILES string of the molecule is Cc1cc(C)c(NC(=O)[C@@H](C)Oc2cccc(Cl)c2Cl)c(C)c1. The number of ether oxygens (including phenoxy) is 1. The van der Waals surface area contributed by atoms with Crippen LogP contribution >= 0.6 is 23.2 Å². The fourth-order valence-electron chi connectivity index (χ4n) is 2.42. The van der Waals surface area contributed by atoms with Crippen LogP contribution in [0.1, 0.15) is 23.6 Å². The molecule has 2 rings (SSSR count). The Balaban J connectivity index is 2.13. The third-order valence-electron chi connectivity index (χ3n) is 3.51. The molecule has 2 aromatic rings. The largest absolute Gasteiger partial charge is 0.479 e. The monoisotopic (exact) mass is 351 g/mol. The normalized spacial score (nSPS) is 11.9. The number of halogens is 2. The Morgan fingerprint density at radius 1 is 1.13 bits per heavy atom. The second-order valence-electron chi connectivity index (χ2n) is 5.58. The molecule has 0 radical (unpaired) electrons. The topological polar surface area (TPSA) is 38.3 Å². The Hall–Kier alpha value is -1.71. The molecule has 1 amide bonds. The van der Waals surface area contributed by atoms with Gasteiger partial charge in [0.1, 0.15) is 10.8 Å². The fourth-order valence-corrected chi connectivity index (χ4v) is 2.76. The standard InChI is InChI=1S/C18H19Cl2NO2/c1-10-8-11(2)17(12(3)9-10)21-18(22)13(4)23-15-7-5-6-14(19)16(15)20/h5-9,13H,1-4H3,(H,21,22)/t13-/m1/s1. The van der Waals surface area contributed by atoms with Crippen molar-refractivity contribution in [3.05, 3.63) is 57.1 Å². The first-order valence-electron chi connectivity index (χ1n) is 7.29. The van der Waals surface area contributed by atoms with Crippen LogP contribution in [-0.2, 0) is 4.79 Å². The molecule has 1 N–H and O–H groups in total. The van der Waals surface area contributed by atoms with Crippen LogP contribution in [0.3, 0.4) is 0 Å². The lowest BCUT2D eigenvalue weighted by atomic mass is 10.0. The minimum Gasteiger partial charge on any atom is -0.479 e. The van der Waals surface area contributed by atoms with Crippen LogP contribution in [0.4, 0.5) is 5.69 Å². The van der Waals surface area contributed by atoms with Crippen molar-refractivity contribution in [2.24, 2.45) is 0 Å². The number of carbonyl (C=O) groups is 1. The van der Waals surface area contributed by atoms with E-state index in [9.17, 15) is 4.79 Å². The Morgan fingerprint density at radius 2 is 1.74 bits per heavy atom. The number of rotatable bonds is 4. The Kier molecular flexibility index (Phi) is 5.55. The minimum atomic E-state index is -0.703. The summed E-state index contributed by atoms with van der Waals surface area (Å²) in [5, 5.41) is 3.61. The van der Waals surface area contributed by atoms with Crippen molar-refractivity contribution in [1.82, 2.24) is 0 Å². The molecule has 0 aliphatic heterocycles. The van der Waals surface area contributed by atoms with Crippen molar-refractivity contribution in [2.45, 2.75) is 33.8 Å². The van der Waals surface area contributed by atoms with E-state index in [0.29, 0.717) is 15.8 Å². The van der Waals surface area contributed by atoms with E-state index < -0.39 is 6.10 Å². The van der Waals surface area contributed by atoms with E-state index in [1.165, 1.54) is 0 Å². The second kappa shape index (κ2) is 7.24. The summed E-state index contributed by atoms with van der Waals surface area (Å²) in [7, 11) is 0. The highest BCUT2D eigenvalue weighted by atomic mass is 35.5. The maximum Gasteiger partial charge on any atom is 0.265 e. The van der Waals surface area contributed by atoms with Crippen molar-refractivity contribution >= 4 is 34.8 Å². The fraction of sp³-hybridized carbons (Fsp3) is 0.278. The number of hydrogen-bond acceptors (Lipinski definition) is 2. The summed E-state index contributed by atoms with van der Waals surface area (Å²) in [4.78, 5) is 12.4. The average Bonchev–Trinajstić information content (AvgIpc) is 2.47. The lowest BCUT2D eigenvalue weighted by Gasteiger charge is -2.18. The first-order chi connectivity index (χ1) is 10.8. The molecule has 0 aliphatic carbocycles. The molecule has 0 spiro atoms. The second-order valence-corrected chi connectivity index (χ2v) is 6.36. The summed E-state index contributed by atoms with van der Waals surface area (Å²) in [5.41, 5.74) is 4.01. The lowest BCUT2D eigenvalue weighted by molar-refractivity contribution is -0.122. The zero-order chi connectivity index (χ0) is 17.1. The first kappa shape index (κ1) is 17.6. The Morgan fingerprint density at radius 3 is 2.35 bits per heavy atom. The zero-order valence-corrected chi connectivity index (χ0v) is 15.0. The number of amides is 1. The predicted octanol–water partition coefficient (Wildman–Crippen LogP) is 5.32. The summed E-state index contributed by atoms with van der Waals surface area (Å²) in [5.74, 6) is 0.148. The smallest absolute Gasteiger partial charge is 0.265 e. The highest BCUT2D eigenvalue weighted by molar-refractivity contribution is 6.42. The molecule has 0 unspecified atom stereocenters. The molecule has 0 saturated heterocycles. The van der Waals surface area contributed by atoms with Gasteiger partial charge >= 0.3 is 0 Å². The lowest BCUT2D eigenvalue weighted by Crippen LogP contribution is -2.30. The van der Waals surface area contributed by atoms with Gasteiger partial charge in [-0.15, -0.1) is 0 Å². The van der Waals surface area contributed by atoms with Gasteiger partial charge < -0.3 is 10.1 Å². The highest BCUT2D eigenvalue weighted by Crippen LogP contribution is 2.32. The summed E-state index contributed by atoms with van der Waals surface area (Å²) in [6, 6.07) is 9.13. The number of carbonyl (C=O) groups excluding carboxylic acids is 1. The number of nitrogens with one attached hydrogen (secondary N) is 1. The molecule has 5 heteroatoms. The van der Waals surface area contributed by atoms with Crippen molar-refractivity contribution < 1.29 is 9.53 Å². The molecular weight excluding hydrogens is 333 g/mol. The van der Waals surface area contributed by atoms with Gasteiger partial charge in [-0.05, 0) is 51.0 Å². The molecule has 0 aromatic heterocycles. The van der Waals surface area contributed by atoms with E-state index in [0.717, 1.165) is 22.4 Å². The predicted molar refractivity (Wildman–Crippen MR) is 95.8 cm³/mol. The van der Waals surface area contributed by atoms with Crippen LogP contribution in [0.25, 0.3) is 0 Å². The van der Waals surface area contributed by atoms with E-state index in [1.807, 2.05) is 32.9 Å². The molecular formula is C18H19Cl2NO2. The maximum atomic E-state index is 12.4. The molecule has 0 saturated carbocycles. The molecule has 3 nitrogen and oxygen atoms in total.